The first-order chi connectivity index (χ1) is 6.65. The lowest BCUT2D eigenvalue weighted by Crippen LogP contribution is -1.85. The molecule has 1 aromatic heterocycles. The van der Waals surface area contributed by atoms with E-state index in [0.717, 1.165) is 14.1 Å². The fraction of sp³-hybridized carbons (Fsp3) is 0.111. The Hall–Kier alpha value is -0.560. The number of aryl methyl sites for hydroxylation is 1. The first kappa shape index (κ1) is 9.97. The average Bonchev–Trinajstić information content (AvgIpc) is 2.50. The fourth-order valence-corrected chi connectivity index (χ4v) is 2.15. The van der Waals surface area contributed by atoms with Crippen molar-refractivity contribution in [2.45, 2.75) is 6.92 Å². The van der Waals surface area contributed by atoms with Crippen LogP contribution >= 0.6 is 34.1 Å². The molecule has 0 N–H and O–H groups in total. The zero-order chi connectivity index (χ0) is 10.1. The second kappa shape index (κ2) is 3.90. The van der Waals surface area contributed by atoms with Crippen molar-refractivity contribution in [2.24, 2.45) is 0 Å². The van der Waals surface area contributed by atoms with Crippen molar-refractivity contribution in [3.8, 4) is 11.4 Å². The number of hydrogen-bond donors (Lipinski definition) is 0. The molecule has 14 heavy (non-hydrogen) atoms. The Kier molecular flexibility index (Phi) is 2.78. The zero-order valence-corrected chi connectivity index (χ0v) is 10.3. The maximum absolute atomic E-state index is 13.1. The smallest absolute Gasteiger partial charge is 0.174 e. The molecule has 0 fully saturated rings. The molecule has 0 saturated carbocycles. The number of rotatable bonds is 1. The molecule has 72 valence electrons. The van der Waals surface area contributed by atoms with Crippen LogP contribution in [-0.2, 0) is 0 Å². The van der Waals surface area contributed by atoms with Crippen LogP contribution in [0.5, 0.6) is 0 Å². The van der Waals surface area contributed by atoms with Gasteiger partial charge in [0, 0.05) is 5.56 Å². The van der Waals surface area contributed by atoms with E-state index in [1.165, 1.54) is 23.7 Å². The van der Waals surface area contributed by atoms with Gasteiger partial charge in [0.05, 0.1) is 0 Å². The highest BCUT2D eigenvalue weighted by molar-refractivity contribution is 14.1. The van der Waals surface area contributed by atoms with Crippen molar-refractivity contribution in [1.82, 2.24) is 9.36 Å². The molecule has 0 saturated heterocycles. The molecule has 5 heteroatoms. The summed E-state index contributed by atoms with van der Waals surface area (Å²) in [5, 5.41) is 0. The molecular weight excluding hydrogens is 314 g/mol. The summed E-state index contributed by atoms with van der Waals surface area (Å²) in [6, 6.07) is 4.81. The van der Waals surface area contributed by atoms with Crippen LogP contribution in [0, 0.1) is 15.8 Å². The van der Waals surface area contributed by atoms with Gasteiger partial charge in [0.25, 0.3) is 0 Å². The predicted molar refractivity (Wildman–Crippen MR) is 62.8 cm³/mol. The standard InChI is InChI=1S/C9H6FIN2S/c1-5-2-6(4-7(10)3-5)8-12-9(11)14-13-8/h2-4H,1H3. The normalized spacial score (nSPS) is 10.5. The van der Waals surface area contributed by atoms with Gasteiger partial charge in [-0.1, -0.05) is 0 Å². The average molecular weight is 320 g/mol. The van der Waals surface area contributed by atoms with E-state index in [1.807, 2.05) is 13.0 Å². The number of halogens is 2. The van der Waals surface area contributed by atoms with E-state index in [0.29, 0.717) is 5.82 Å². The molecule has 0 bridgehead atoms. The van der Waals surface area contributed by atoms with Crippen molar-refractivity contribution in [2.75, 3.05) is 0 Å². The van der Waals surface area contributed by atoms with Crippen LogP contribution in [0.4, 0.5) is 4.39 Å². The van der Waals surface area contributed by atoms with Crippen LogP contribution in [0.2, 0.25) is 0 Å². The number of aromatic nitrogens is 2. The van der Waals surface area contributed by atoms with Gasteiger partial charge < -0.3 is 0 Å². The molecule has 0 radical (unpaired) electrons. The lowest BCUT2D eigenvalue weighted by Gasteiger charge is -1.97. The van der Waals surface area contributed by atoms with E-state index in [4.69, 9.17) is 0 Å². The summed E-state index contributed by atoms with van der Waals surface area (Å²) in [6.45, 7) is 1.85. The van der Waals surface area contributed by atoms with Gasteiger partial charge in [-0.05, 0) is 64.8 Å². The Morgan fingerprint density at radius 2 is 2.14 bits per heavy atom. The first-order valence-electron chi connectivity index (χ1n) is 3.92. The van der Waals surface area contributed by atoms with Crippen molar-refractivity contribution in [3.63, 3.8) is 0 Å². The second-order valence-electron chi connectivity index (χ2n) is 2.89. The van der Waals surface area contributed by atoms with E-state index < -0.39 is 0 Å². The van der Waals surface area contributed by atoms with Gasteiger partial charge in [0.1, 0.15) is 5.82 Å². The van der Waals surface area contributed by atoms with Gasteiger partial charge in [-0.15, -0.1) is 0 Å². The molecule has 2 rings (SSSR count). The Bertz CT molecular complexity index is 449. The minimum Gasteiger partial charge on any atom is -0.209 e. The molecular formula is C9H6FIN2S. The summed E-state index contributed by atoms with van der Waals surface area (Å²) >= 11 is 3.41. The van der Waals surface area contributed by atoms with Crippen LogP contribution in [-0.4, -0.2) is 9.36 Å². The maximum atomic E-state index is 13.1. The van der Waals surface area contributed by atoms with Gasteiger partial charge in [-0.3, -0.25) is 0 Å². The molecule has 0 aliphatic heterocycles. The maximum Gasteiger partial charge on any atom is 0.174 e. The third-order valence-corrected chi connectivity index (χ3v) is 3.04. The van der Waals surface area contributed by atoms with Gasteiger partial charge in [-0.25, -0.2) is 9.37 Å². The largest absolute Gasteiger partial charge is 0.209 e. The summed E-state index contributed by atoms with van der Waals surface area (Å²) in [5.41, 5.74) is 1.62. The zero-order valence-electron chi connectivity index (χ0n) is 7.29. The van der Waals surface area contributed by atoms with Crippen LogP contribution in [0.1, 0.15) is 5.56 Å². The van der Waals surface area contributed by atoms with Crippen molar-refractivity contribution >= 4 is 34.1 Å². The summed E-state index contributed by atoms with van der Waals surface area (Å²) in [7, 11) is 0. The Morgan fingerprint density at radius 1 is 1.36 bits per heavy atom. The lowest BCUT2D eigenvalue weighted by atomic mass is 10.1. The number of hydrogen-bond acceptors (Lipinski definition) is 3. The summed E-state index contributed by atoms with van der Waals surface area (Å²) in [5.74, 6) is 0.354. The minimum atomic E-state index is -0.246. The summed E-state index contributed by atoms with van der Waals surface area (Å²) in [6.07, 6.45) is 0. The second-order valence-corrected chi connectivity index (χ2v) is 5.39. The summed E-state index contributed by atoms with van der Waals surface area (Å²) < 4.78 is 18.1. The van der Waals surface area contributed by atoms with E-state index in [-0.39, 0.29) is 5.82 Å². The van der Waals surface area contributed by atoms with Crippen molar-refractivity contribution < 1.29 is 4.39 Å². The lowest BCUT2D eigenvalue weighted by molar-refractivity contribution is 0.627. The van der Waals surface area contributed by atoms with Gasteiger partial charge >= 0.3 is 0 Å². The van der Waals surface area contributed by atoms with E-state index >= 15 is 0 Å². The van der Waals surface area contributed by atoms with Crippen LogP contribution in [0.3, 0.4) is 0 Å². The van der Waals surface area contributed by atoms with Gasteiger partial charge in [0.2, 0.25) is 0 Å². The molecule has 0 amide bonds. The van der Waals surface area contributed by atoms with Gasteiger partial charge in [0.15, 0.2) is 8.84 Å². The van der Waals surface area contributed by atoms with Crippen molar-refractivity contribution in [1.29, 1.82) is 0 Å². The molecule has 0 unspecified atom stereocenters. The molecule has 1 aromatic carbocycles. The molecule has 2 aromatic rings. The van der Waals surface area contributed by atoms with E-state index in [1.54, 1.807) is 0 Å². The molecule has 2 nitrogen and oxygen atoms in total. The Balaban J connectivity index is 2.51. The van der Waals surface area contributed by atoms with Crippen LogP contribution in [0.15, 0.2) is 18.2 Å². The highest BCUT2D eigenvalue weighted by atomic mass is 127. The molecule has 0 spiro atoms. The molecule has 0 atom stereocenters. The summed E-state index contributed by atoms with van der Waals surface area (Å²) in [4.78, 5) is 4.19. The predicted octanol–water partition coefficient (Wildman–Crippen LogP) is 3.26. The minimum absolute atomic E-state index is 0.246. The van der Waals surface area contributed by atoms with Crippen LogP contribution in [0.25, 0.3) is 11.4 Å². The highest BCUT2D eigenvalue weighted by Gasteiger charge is 2.06. The monoisotopic (exact) mass is 320 g/mol. The fourth-order valence-electron chi connectivity index (χ4n) is 1.19. The number of nitrogens with zero attached hydrogens (tertiary/aromatic N) is 2. The van der Waals surface area contributed by atoms with E-state index in [9.17, 15) is 4.39 Å². The quantitative estimate of drug-likeness (QED) is 0.754. The van der Waals surface area contributed by atoms with Crippen LogP contribution < -0.4 is 0 Å². The third-order valence-electron chi connectivity index (χ3n) is 1.70. The van der Waals surface area contributed by atoms with E-state index in [2.05, 4.69) is 31.9 Å². The molecule has 0 aliphatic rings. The SMILES string of the molecule is Cc1cc(F)cc(-c2nsc(I)n2)c1. The molecule has 0 aliphatic carbocycles. The highest BCUT2D eigenvalue weighted by Crippen LogP contribution is 2.21. The number of benzene rings is 1. The first-order valence-corrected chi connectivity index (χ1v) is 5.77. The van der Waals surface area contributed by atoms with Gasteiger partial charge in [-0.2, -0.15) is 4.37 Å². The third kappa shape index (κ3) is 2.09. The topological polar surface area (TPSA) is 25.8 Å². The molecule has 1 heterocycles. The van der Waals surface area contributed by atoms with Crippen molar-refractivity contribution in [3.05, 3.63) is 32.6 Å². The Morgan fingerprint density at radius 3 is 2.71 bits per heavy atom. The Labute approximate surface area is 98.5 Å².